The Balaban J connectivity index is 1.80. The van der Waals surface area contributed by atoms with Crippen molar-refractivity contribution < 1.29 is 14.0 Å². The Morgan fingerprint density at radius 3 is 2.07 bits per heavy atom. The highest BCUT2D eigenvalue weighted by Gasteiger charge is 2.40. The van der Waals surface area contributed by atoms with Crippen LogP contribution in [-0.4, -0.2) is 11.8 Å². The maximum Gasteiger partial charge on any atom is 0.282 e. The Hall–Kier alpha value is -3.44. The summed E-state index contributed by atoms with van der Waals surface area (Å²) in [6.45, 7) is 1.94. The van der Waals surface area contributed by atoms with E-state index in [0.29, 0.717) is 22.0 Å². The lowest BCUT2D eigenvalue weighted by Crippen LogP contribution is -2.32. The highest BCUT2D eigenvalue weighted by atomic mass is 35.5. The second-order valence-electron chi connectivity index (χ2n) is 6.67. The number of amides is 2. The van der Waals surface area contributed by atoms with Gasteiger partial charge in [0.25, 0.3) is 11.8 Å². The molecular weight excluding hydrogens is 391 g/mol. The van der Waals surface area contributed by atoms with Gasteiger partial charge >= 0.3 is 0 Å². The van der Waals surface area contributed by atoms with Gasteiger partial charge in [0.1, 0.15) is 11.5 Å². The van der Waals surface area contributed by atoms with Crippen LogP contribution in [0.25, 0.3) is 5.57 Å². The number of nitrogens with zero attached hydrogens (tertiary/aromatic N) is 1. The molecule has 4 rings (SSSR count). The number of aryl methyl sites for hydroxylation is 1. The summed E-state index contributed by atoms with van der Waals surface area (Å²) in [5.41, 5.74) is 2.98. The van der Waals surface area contributed by atoms with E-state index < -0.39 is 11.8 Å². The molecule has 0 fully saturated rings. The van der Waals surface area contributed by atoms with E-state index in [-0.39, 0.29) is 17.1 Å². The minimum Gasteiger partial charge on any atom is -0.350 e. The van der Waals surface area contributed by atoms with Gasteiger partial charge in [0.05, 0.1) is 11.3 Å². The molecule has 0 spiro atoms. The van der Waals surface area contributed by atoms with E-state index in [0.717, 1.165) is 10.5 Å². The van der Waals surface area contributed by atoms with Crippen LogP contribution >= 0.6 is 11.6 Å². The molecule has 1 aliphatic rings. The summed E-state index contributed by atoms with van der Waals surface area (Å²) in [7, 11) is 0. The molecule has 4 nitrogen and oxygen atoms in total. The van der Waals surface area contributed by atoms with Crippen LogP contribution in [0.15, 0.2) is 78.5 Å². The molecule has 1 aliphatic heterocycles. The number of anilines is 2. The van der Waals surface area contributed by atoms with Gasteiger partial charge in [-0.3, -0.25) is 9.59 Å². The highest BCUT2D eigenvalue weighted by Crippen LogP contribution is 2.34. The molecule has 0 radical (unpaired) electrons. The number of hydrogen-bond donors (Lipinski definition) is 1. The Morgan fingerprint density at radius 2 is 1.45 bits per heavy atom. The third-order valence-electron chi connectivity index (χ3n) is 4.62. The predicted octanol–water partition coefficient (Wildman–Crippen LogP) is 5.18. The van der Waals surface area contributed by atoms with Gasteiger partial charge in [-0.05, 0) is 61.0 Å². The lowest BCUT2D eigenvalue weighted by atomic mass is 10.0. The molecule has 0 aromatic heterocycles. The second kappa shape index (κ2) is 7.53. The average Bonchev–Trinajstić information content (AvgIpc) is 2.95. The molecule has 0 atom stereocenters. The lowest BCUT2D eigenvalue weighted by molar-refractivity contribution is -0.120. The van der Waals surface area contributed by atoms with Crippen molar-refractivity contribution in [3.05, 3.63) is 100 Å². The van der Waals surface area contributed by atoms with Gasteiger partial charge in [-0.25, -0.2) is 9.29 Å². The van der Waals surface area contributed by atoms with Crippen molar-refractivity contribution in [3.8, 4) is 0 Å². The van der Waals surface area contributed by atoms with Crippen LogP contribution in [0.4, 0.5) is 15.8 Å². The van der Waals surface area contributed by atoms with Gasteiger partial charge < -0.3 is 5.32 Å². The van der Waals surface area contributed by atoms with Crippen molar-refractivity contribution in [1.82, 2.24) is 0 Å². The molecule has 1 N–H and O–H groups in total. The standard InChI is InChI=1S/C23H16ClFN2O2/c1-14-2-4-15(5-3-14)20-21(26-18-10-8-17(25)9-11-18)23(29)27(22(20)28)19-12-6-16(24)7-13-19/h2-13,26H,1H3. The molecule has 144 valence electrons. The van der Waals surface area contributed by atoms with Gasteiger partial charge in [0.15, 0.2) is 0 Å². The number of rotatable bonds is 4. The summed E-state index contributed by atoms with van der Waals surface area (Å²) in [6.07, 6.45) is 0. The quantitative estimate of drug-likeness (QED) is 0.607. The lowest BCUT2D eigenvalue weighted by Gasteiger charge is -2.15. The molecule has 2 amide bonds. The first kappa shape index (κ1) is 18.9. The number of imide groups is 1. The molecule has 6 heteroatoms. The van der Waals surface area contributed by atoms with Gasteiger partial charge in [-0.15, -0.1) is 0 Å². The van der Waals surface area contributed by atoms with E-state index in [4.69, 9.17) is 11.6 Å². The third-order valence-corrected chi connectivity index (χ3v) is 4.87. The highest BCUT2D eigenvalue weighted by molar-refractivity contribution is 6.46. The van der Waals surface area contributed by atoms with E-state index in [1.54, 1.807) is 36.4 Å². The maximum atomic E-state index is 13.3. The number of nitrogens with one attached hydrogen (secondary N) is 1. The van der Waals surface area contributed by atoms with Crippen LogP contribution < -0.4 is 10.2 Å². The van der Waals surface area contributed by atoms with Crippen molar-refractivity contribution in [3.63, 3.8) is 0 Å². The molecule has 0 unspecified atom stereocenters. The van der Waals surface area contributed by atoms with Crippen molar-refractivity contribution in [2.45, 2.75) is 6.92 Å². The summed E-state index contributed by atoms with van der Waals surface area (Å²) >= 11 is 5.94. The summed E-state index contributed by atoms with van der Waals surface area (Å²) < 4.78 is 13.3. The normalized spacial score (nSPS) is 14.0. The Labute approximate surface area is 172 Å². The molecule has 0 saturated heterocycles. The first-order valence-corrected chi connectivity index (χ1v) is 9.30. The Bertz CT molecular complexity index is 1120. The molecule has 0 aliphatic carbocycles. The van der Waals surface area contributed by atoms with E-state index >= 15 is 0 Å². The van der Waals surface area contributed by atoms with Crippen LogP contribution in [0, 0.1) is 12.7 Å². The van der Waals surface area contributed by atoms with Crippen LogP contribution in [0.2, 0.25) is 5.02 Å². The SMILES string of the molecule is Cc1ccc(C2=C(Nc3ccc(F)cc3)C(=O)N(c3ccc(Cl)cc3)C2=O)cc1. The second-order valence-corrected chi connectivity index (χ2v) is 7.11. The van der Waals surface area contributed by atoms with E-state index in [1.165, 1.54) is 24.3 Å². The van der Waals surface area contributed by atoms with Gasteiger partial charge in [-0.2, -0.15) is 0 Å². The Morgan fingerprint density at radius 1 is 0.828 bits per heavy atom. The predicted molar refractivity (Wildman–Crippen MR) is 112 cm³/mol. The molecule has 3 aromatic carbocycles. The van der Waals surface area contributed by atoms with Crippen LogP contribution in [0.1, 0.15) is 11.1 Å². The van der Waals surface area contributed by atoms with Crippen molar-refractivity contribution in [2.24, 2.45) is 0 Å². The molecule has 0 saturated carbocycles. The first-order chi connectivity index (χ1) is 13.9. The first-order valence-electron chi connectivity index (χ1n) is 8.92. The fourth-order valence-corrected chi connectivity index (χ4v) is 3.26. The zero-order chi connectivity index (χ0) is 20.5. The molecular formula is C23H16ClFN2O2. The van der Waals surface area contributed by atoms with Crippen molar-refractivity contribution in [2.75, 3.05) is 10.2 Å². The van der Waals surface area contributed by atoms with Gasteiger partial charge in [-0.1, -0.05) is 41.4 Å². The topological polar surface area (TPSA) is 49.4 Å². The van der Waals surface area contributed by atoms with Gasteiger partial charge in [0, 0.05) is 10.7 Å². The maximum absolute atomic E-state index is 13.3. The largest absolute Gasteiger partial charge is 0.350 e. The zero-order valence-corrected chi connectivity index (χ0v) is 16.2. The number of hydrogen-bond acceptors (Lipinski definition) is 3. The van der Waals surface area contributed by atoms with Crippen LogP contribution in [0.3, 0.4) is 0 Å². The Kier molecular flexibility index (Phi) is 4.91. The molecule has 0 bridgehead atoms. The van der Waals surface area contributed by atoms with Crippen molar-refractivity contribution in [1.29, 1.82) is 0 Å². The average molecular weight is 407 g/mol. The fourth-order valence-electron chi connectivity index (χ4n) is 3.14. The zero-order valence-electron chi connectivity index (χ0n) is 15.4. The number of halogens is 2. The number of benzene rings is 3. The summed E-state index contributed by atoms with van der Waals surface area (Å²) in [5.74, 6) is -1.32. The van der Waals surface area contributed by atoms with E-state index in [9.17, 15) is 14.0 Å². The van der Waals surface area contributed by atoms with Crippen molar-refractivity contribution >= 4 is 40.4 Å². The molecule has 3 aromatic rings. The fraction of sp³-hybridized carbons (Fsp3) is 0.0435. The van der Waals surface area contributed by atoms with E-state index in [2.05, 4.69) is 5.32 Å². The minimum atomic E-state index is -0.489. The number of carbonyl (C=O) groups excluding carboxylic acids is 2. The summed E-state index contributed by atoms with van der Waals surface area (Å²) in [4.78, 5) is 27.6. The van der Waals surface area contributed by atoms with Gasteiger partial charge in [0.2, 0.25) is 0 Å². The smallest absolute Gasteiger partial charge is 0.282 e. The summed E-state index contributed by atoms with van der Waals surface area (Å²) in [5, 5.41) is 3.50. The van der Waals surface area contributed by atoms with Crippen LogP contribution in [-0.2, 0) is 9.59 Å². The van der Waals surface area contributed by atoms with E-state index in [1.807, 2.05) is 19.1 Å². The summed E-state index contributed by atoms with van der Waals surface area (Å²) in [6, 6.07) is 19.4. The minimum absolute atomic E-state index is 0.139. The molecule has 29 heavy (non-hydrogen) atoms. The monoisotopic (exact) mass is 406 g/mol. The number of carbonyl (C=O) groups is 2. The molecule has 1 heterocycles. The van der Waals surface area contributed by atoms with Crippen LogP contribution in [0.5, 0.6) is 0 Å². The third kappa shape index (κ3) is 3.65.